The zero-order valence-corrected chi connectivity index (χ0v) is 13.5. The lowest BCUT2D eigenvalue weighted by Crippen LogP contribution is -2.42. The van der Waals surface area contributed by atoms with E-state index >= 15 is 0 Å². The molecule has 0 aliphatic heterocycles. The number of rotatable bonds is 7. The van der Waals surface area contributed by atoms with Crippen molar-refractivity contribution in [3.8, 4) is 0 Å². The predicted molar refractivity (Wildman–Crippen MR) is 85.2 cm³/mol. The summed E-state index contributed by atoms with van der Waals surface area (Å²) >= 11 is 0. The summed E-state index contributed by atoms with van der Waals surface area (Å²) in [5.74, 6) is -1.58. The minimum atomic E-state index is -4.52. The second kappa shape index (κ2) is 9.50. The maximum atomic E-state index is 12.2. The summed E-state index contributed by atoms with van der Waals surface area (Å²) in [4.78, 5) is 34.8. The summed E-state index contributed by atoms with van der Waals surface area (Å²) in [5, 5.41) is 8.90. The van der Waals surface area contributed by atoms with Gasteiger partial charge in [0.05, 0.1) is 12.1 Å². The third-order valence-corrected chi connectivity index (χ3v) is 2.85. The second-order valence-electron chi connectivity index (χ2n) is 5.00. The number of amides is 4. The Hall–Kier alpha value is -2.78. The largest absolute Gasteiger partial charge is 0.405 e. The molecule has 1 aromatic rings. The van der Waals surface area contributed by atoms with Crippen LogP contribution in [0.25, 0.3) is 0 Å². The highest BCUT2D eigenvalue weighted by molar-refractivity contribution is 6.01. The van der Waals surface area contributed by atoms with Crippen LogP contribution in [0.4, 0.5) is 23.7 Å². The molecule has 0 atom stereocenters. The van der Waals surface area contributed by atoms with Crippen LogP contribution in [0, 0.1) is 0 Å². The maximum Gasteiger partial charge on any atom is 0.405 e. The molecule has 1 rings (SSSR count). The number of halogens is 3. The summed E-state index contributed by atoms with van der Waals surface area (Å²) < 4.78 is 36.5. The van der Waals surface area contributed by atoms with Gasteiger partial charge in [0.1, 0.15) is 6.54 Å². The number of urea groups is 1. The molecule has 0 radical (unpaired) electrons. The topological polar surface area (TPSA) is 99.3 Å². The van der Waals surface area contributed by atoms with Crippen LogP contribution in [-0.4, -0.2) is 43.7 Å². The number of para-hydroxylation sites is 1. The first-order valence-corrected chi connectivity index (χ1v) is 7.48. The van der Waals surface area contributed by atoms with Gasteiger partial charge < -0.3 is 16.0 Å². The fourth-order valence-electron chi connectivity index (χ4n) is 1.74. The first kappa shape index (κ1) is 20.3. The third kappa shape index (κ3) is 8.04. The minimum absolute atomic E-state index is 0.0463. The van der Waals surface area contributed by atoms with Gasteiger partial charge in [-0.1, -0.05) is 19.1 Å². The lowest BCUT2D eigenvalue weighted by molar-refractivity contribution is -0.123. The number of benzene rings is 1. The van der Waals surface area contributed by atoms with E-state index in [1.54, 1.807) is 11.4 Å². The fourth-order valence-corrected chi connectivity index (χ4v) is 1.74. The van der Waals surface area contributed by atoms with Gasteiger partial charge in [0.15, 0.2) is 0 Å². The molecule has 0 bridgehead atoms. The van der Waals surface area contributed by atoms with Gasteiger partial charge in [0.2, 0.25) is 5.91 Å². The van der Waals surface area contributed by atoms with Crippen molar-refractivity contribution in [2.24, 2.45) is 0 Å². The molecule has 0 saturated carbocycles. The van der Waals surface area contributed by atoms with Crippen molar-refractivity contribution in [1.29, 1.82) is 0 Å². The molecular formula is C15H19F3N4O3. The summed E-state index contributed by atoms with van der Waals surface area (Å²) in [6.45, 7) is 0.473. The van der Waals surface area contributed by atoms with Gasteiger partial charge in [-0.15, -0.1) is 0 Å². The number of imide groups is 1. The van der Waals surface area contributed by atoms with Crippen molar-refractivity contribution in [3.05, 3.63) is 29.8 Å². The summed E-state index contributed by atoms with van der Waals surface area (Å²) in [5.41, 5.74) is 0.126. The van der Waals surface area contributed by atoms with E-state index < -0.39 is 30.6 Å². The van der Waals surface area contributed by atoms with Gasteiger partial charge in [-0.05, 0) is 18.6 Å². The van der Waals surface area contributed by atoms with Crippen molar-refractivity contribution >= 4 is 23.5 Å². The zero-order chi connectivity index (χ0) is 18.9. The molecule has 138 valence electrons. The summed E-state index contributed by atoms with van der Waals surface area (Å²) in [6, 6.07) is 5.14. The average Bonchev–Trinajstić information content (AvgIpc) is 2.55. The van der Waals surface area contributed by atoms with E-state index in [1.807, 2.05) is 6.92 Å². The van der Waals surface area contributed by atoms with Crippen molar-refractivity contribution in [2.75, 3.05) is 25.0 Å². The Balaban J connectivity index is 2.60. The van der Waals surface area contributed by atoms with Gasteiger partial charge >= 0.3 is 12.2 Å². The monoisotopic (exact) mass is 360 g/mol. The molecular weight excluding hydrogens is 341 g/mol. The molecule has 4 amide bonds. The Bertz CT molecular complexity index is 620. The van der Waals surface area contributed by atoms with E-state index in [0.29, 0.717) is 13.0 Å². The van der Waals surface area contributed by atoms with Crippen LogP contribution in [0.5, 0.6) is 0 Å². The number of nitrogens with one attached hydrogen (secondary N) is 4. The van der Waals surface area contributed by atoms with Crippen LogP contribution in [0.3, 0.4) is 0 Å². The van der Waals surface area contributed by atoms with E-state index in [1.165, 1.54) is 18.2 Å². The number of alkyl halides is 3. The molecule has 0 saturated heterocycles. The first-order chi connectivity index (χ1) is 11.7. The van der Waals surface area contributed by atoms with Crippen LogP contribution in [0.15, 0.2) is 24.3 Å². The molecule has 10 heteroatoms. The highest BCUT2D eigenvalue weighted by Crippen LogP contribution is 2.16. The van der Waals surface area contributed by atoms with Crippen LogP contribution < -0.4 is 21.3 Å². The van der Waals surface area contributed by atoms with Crippen LogP contribution in [0.2, 0.25) is 0 Å². The van der Waals surface area contributed by atoms with Crippen molar-refractivity contribution < 1.29 is 27.6 Å². The van der Waals surface area contributed by atoms with Crippen molar-refractivity contribution in [1.82, 2.24) is 16.0 Å². The van der Waals surface area contributed by atoms with E-state index in [9.17, 15) is 27.6 Å². The zero-order valence-electron chi connectivity index (χ0n) is 13.5. The van der Waals surface area contributed by atoms with Crippen molar-refractivity contribution in [2.45, 2.75) is 19.5 Å². The second-order valence-corrected chi connectivity index (χ2v) is 5.00. The summed E-state index contributed by atoms with van der Waals surface area (Å²) in [7, 11) is 0. The Morgan fingerprint density at radius 1 is 1.08 bits per heavy atom. The molecule has 0 heterocycles. The summed E-state index contributed by atoms with van der Waals surface area (Å²) in [6.07, 6.45) is -3.82. The smallest absolute Gasteiger partial charge is 0.375 e. The Morgan fingerprint density at radius 3 is 2.40 bits per heavy atom. The normalized spacial score (nSPS) is 10.7. The molecule has 4 N–H and O–H groups in total. The molecule has 0 aromatic heterocycles. The average molecular weight is 360 g/mol. The molecule has 0 fully saturated rings. The van der Waals surface area contributed by atoms with Gasteiger partial charge in [-0.3, -0.25) is 14.9 Å². The molecule has 1 aromatic carbocycles. The first-order valence-electron chi connectivity index (χ1n) is 7.48. The van der Waals surface area contributed by atoms with Crippen LogP contribution >= 0.6 is 0 Å². The number of hydrogen-bond acceptors (Lipinski definition) is 4. The number of hydrogen-bond donors (Lipinski definition) is 4. The van der Waals surface area contributed by atoms with Gasteiger partial charge in [0.25, 0.3) is 5.91 Å². The van der Waals surface area contributed by atoms with E-state index in [-0.39, 0.29) is 17.8 Å². The number of carbonyl (C=O) groups excluding carboxylic acids is 3. The Labute approximate surface area is 142 Å². The van der Waals surface area contributed by atoms with Gasteiger partial charge in [-0.2, -0.15) is 13.2 Å². The van der Waals surface area contributed by atoms with Gasteiger partial charge in [0, 0.05) is 12.2 Å². The molecule has 0 spiro atoms. The maximum absolute atomic E-state index is 12.2. The Kier molecular flexibility index (Phi) is 7.70. The molecule has 7 nitrogen and oxygen atoms in total. The van der Waals surface area contributed by atoms with E-state index in [2.05, 4.69) is 16.0 Å². The SMILES string of the molecule is CCCNC(=O)NC(=O)CNc1ccccc1C(=O)NCC(F)(F)F. The molecule has 0 aliphatic carbocycles. The van der Waals surface area contributed by atoms with Crippen molar-refractivity contribution in [3.63, 3.8) is 0 Å². The molecule has 0 aliphatic rings. The third-order valence-electron chi connectivity index (χ3n) is 2.85. The van der Waals surface area contributed by atoms with Crippen LogP contribution in [0.1, 0.15) is 23.7 Å². The quantitative estimate of drug-likeness (QED) is 0.594. The van der Waals surface area contributed by atoms with E-state index in [0.717, 1.165) is 0 Å². The fraction of sp³-hybridized carbons (Fsp3) is 0.400. The highest BCUT2D eigenvalue weighted by atomic mass is 19.4. The molecule has 0 unspecified atom stereocenters. The lowest BCUT2D eigenvalue weighted by Gasteiger charge is -2.13. The van der Waals surface area contributed by atoms with Gasteiger partial charge in [-0.25, -0.2) is 4.79 Å². The molecule has 25 heavy (non-hydrogen) atoms. The predicted octanol–water partition coefficient (Wildman–Crippen LogP) is 1.63. The standard InChI is InChI=1S/C15H19F3N4O3/c1-2-7-19-14(25)22-12(23)8-20-11-6-4-3-5-10(11)13(24)21-9-15(16,17)18/h3-6,20H,2,7-9H2,1H3,(H,21,24)(H2,19,22,23,25). The van der Waals surface area contributed by atoms with E-state index in [4.69, 9.17) is 0 Å². The number of anilines is 1. The highest BCUT2D eigenvalue weighted by Gasteiger charge is 2.28. The van der Waals surface area contributed by atoms with Crippen LogP contribution in [-0.2, 0) is 4.79 Å². The lowest BCUT2D eigenvalue weighted by atomic mass is 10.1. The number of carbonyl (C=O) groups is 3. The Morgan fingerprint density at radius 2 is 1.76 bits per heavy atom. The minimum Gasteiger partial charge on any atom is -0.375 e.